The Balaban J connectivity index is 0.000000301. The fourth-order valence-electron chi connectivity index (χ4n) is 4.43. The highest BCUT2D eigenvalue weighted by Crippen LogP contribution is 2.39. The molecule has 0 radical (unpaired) electrons. The smallest absolute Gasteiger partial charge is 0.405 e. The van der Waals surface area contributed by atoms with E-state index < -0.39 is 51.6 Å². The summed E-state index contributed by atoms with van der Waals surface area (Å²) in [7, 11) is -3.74. The molecule has 3 aliphatic rings. The van der Waals surface area contributed by atoms with E-state index in [1.165, 1.54) is 12.1 Å². The molecule has 1 aromatic carbocycles. The number of carboxylic acid groups (broad SMARTS) is 1. The number of hydrogen-bond acceptors (Lipinski definition) is 6. The van der Waals surface area contributed by atoms with Crippen LogP contribution in [0.5, 0.6) is 0 Å². The summed E-state index contributed by atoms with van der Waals surface area (Å²) < 4.78 is 53.6. The van der Waals surface area contributed by atoms with Crippen LogP contribution < -0.4 is 5.32 Å². The van der Waals surface area contributed by atoms with Gasteiger partial charge in [-0.1, -0.05) is 11.6 Å². The van der Waals surface area contributed by atoms with Crippen molar-refractivity contribution in [2.24, 2.45) is 5.92 Å². The molecule has 5 rings (SSSR count). The first-order chi connectivity index (χ1) is 17.4. The summed E-state index contributed by atoms with van der Waals surface area (Å²) in [6.07, 6.45) is 4.29. The van der Waals surface area contributed by atoms with E-state index in [1.54, 1.807) is 29.2 Å². The number of amides is 2. The molecule has 2 aliphatic carbocycles. The van der Waals surface area contributed by atoms with Gasteiger partial charge < -0.3 is 15.3 Å². The normalized spacial score (nSPS) is 23.1. The Bertz CT molecular complexity index is 1330. The minimum Gasteiger partial charge on any atom is -0.465 e. The zero-order valence-electron chi connectivity index (χ0n) is 19.5. The van der Waals surface area contributed by atoms with E-state index in [1.807, 2.05) is 6.07 Å². The van der Waals surface area contributed by atoms with Crippen molar-refractivity contribution in [3.63, 3.8) is 0 Å². The lowest BCUT2D eigenvalue weighted by molar-refractivity contribution is -0.169. The topological polar surface area (TPSA) is 145 Å². The van der Waals surface area contributed by atoms with Crippen molar-refractivity contribution in [1.29, 1.82) is 5.26 Å². The van der Waals surface area contributed by atoms with Gasteiger partial charge >= 0.3 is 6.09 Å². The minimum absolute atomic E-state index is 0.0126. The van der Waals surface area contributed by atoms with Crippen LogP contribution in [0.25, 0.3) is 5.69 Å². The Morgan fingerprint density at radius 3 is 2.43 bits per heavy atom. The molecule has 3 fully saturated rings. The molecule has 14 heteroatoms. The second-order valence-electron chi connectivity index (χ2n) is 9.42. The molecular weight excluding hydrogens is 532 g/mol. The van der Waals surface area contributed by atoms with Crippen molar-refractivity contribution in [3.8, 4) is 11.8 Å². The van der Waals surface area contributed by atoms with Crippen molar-refractivity contribution < 1.29 is 31.9 Å². The molecule has 2 atom stereocenters. The lowest BCUT2D eigenvalue weighted by Crippen LogP contribution is -2.59. The van der Waals surface area contributed by atoms with Gasteiger partial charge in [-0.15, -0.1) is 0 Å². The summed E-state index contributed by atoms with van der Waals surface area (Å²) in [5, 5.41) is 22.0. The molecule has 2 N–H and O–H groups in total. The minimum atomic E-state index is -3.74. The molecule has 0 spiro atoms. The van der Waals surface area contributed by atoms with Crippen molar-refractivity contribution >= 4 is 33.4 Å². The van der Waals surface area contributed by atoms with Crippen LogP contribution in [-0.2, 0) is 14.6 Å². The van der Waals surface area contributed by atoms with E-state index >= 15 is 0 Å². The van der Waals surface area contributed by atoms with Gasteiger partial charge in [-0.05, 0) is 56.4 Å². The van der Waals surface area contributed by atoms with Gasteiger partial charge in [-0.25, -0.2) is 26.7 Å². The molecule has 10 nitrogen and oxygen atoms in total. The van der Waals surface area contributed by atoms with Crippen molar-refractivity contribution in [3.05, 3.63) is 41.7 Å². The number of alkyl halides is 2. The Labute approximate surface area is 216 Å². The van der Waals surface area contributed by atoms with Gasteiger partial charge in [0.15, 0.2) is 9.84 Å². The van der Waals surface area contributed by atoms with E-state index in [0.717, 1.165) is 4.90 Å². The van der Waals surface area contributed by atoms with E-state index in [4.69, 9.17) is 22.0 Å². The molecule has 2 saturated carbocycles. The van der Waals surface area contributed by atoms with Crippen LogP contribution in [0.3, 0.4) is 0 Å². The van der Waals surface area contributed by atoms with Gasteiger partial charge in [0.25, 0.3) is 5.92 Å². The Hall–Kier alpha value is -3.24. The monoisotopic (exact) mass is 555 g/mol. The highest BCUT2D eigenvalue weighted by Gasteiger charge is 2.49. The fraction of sp³-hybridized carbons (Fsp3) is 0.478. The van der Waals surface area contributed by atoms with Crippen LogP contribution in [0.1, 0.15) is 32.1 Å². The summed E-state index contributed by atoms with van der Waals surface area (Å²) >= 11 is 6.24. The molecule has 2 aromatic rings. The molecule has 1 aliphatic heterocycles. The SMILES string of the molecule is N#CC1(NC(=O)O)CC1.O=C([C@@H]1CC[C@@H](S(=O)(=O)c2ccc(-n3cccn3)cc2Cl)C1)N1CC(F)(F)C1. The summed E-state index contributed by atoms with van der Waals surface area (Å²) in [5.41, 5.74) is -0.0987. The Morgan fingerprint density at radius 2 is 1.95 bits per heavy atom. The summed E-state index contributed by atoms with van der Waals surface area (Å²) in [5.74, 6) is -3.76. The predicted molar refractivity (Wildman–Crippen MR) is 127 cm³/mol. The van der Waals surface area contributed by atoms with Crippen LogP contribution in [0.15, 0.2) is 41.6 Å². The van der Waals surface area contributed by atoms with Crippen LogP contribution in [0.4, 0.5) is 13.6 Å². The summed E-state index contributed by atoms with van der Waals surface area (Å²) in [6, 6.07) is 8.22. The number of hydrogen-bond donors (Lipinski definition) is 2. The molecule has 2 amide bonds. The molecule has 1 aromatic heterocycles. The Morgan fingerprint density at radius 1 is 1.24 bits per heavy atom. The third kappa shape index (κ3) is 5.86. The van der Waals surface area contributed by atoms with Gasteiger partial charge in [0, 0.05) is 18.3 Å². The second kappa shape index (κ2) is 9.90. The van der Waals surface area contributed by atoms with Gasteiger partial charge in [0.1, 0.15) is 5.54 Å². The number of likely N-dealkylation sites (tertiary alicyclic amines) is 1. The number of nitrogens with one attached hydrogen (secondary N) is 1. The molecule has 0 unspecified atom stereocenters. The molecule has 1 saturated heterocycles. The number of nitrogens with zero attached hydrogens (tertiary/aromatic N) is 4. The fourth-order valence-corrected chi connectivity index (χ4v) is 6.81. The Kier molecular flexibility index (Phi) is 7.18. The summed E-state index contributed by atoms with van der Waals surface area (Å²) in [4.78, 5) is 23.4. The third-order valence-corrected chi connectivity index (χ3v) is 9.33. The summed E-state index contributed by atoms with van der Waals surface area (Å²) in [6.45, 7) is -1.17. The van der Waals surface area contributed by atoms with Crippen LogP contribution >= 0.6 is 11.6 Å². The van der Waals surface area contributed by atoms with Gasteiger partial charge in [-0.2, -0.15) is 10.4 Å². The van der Waals surface area contributed by atoms with Crippen LogP contribution in [-0.4, -0.2) is 70.0 Å². The largest absolute Gasteiger partial charge is 0.465 e. The highest BCUT2D eigenvalue weighted by molar-refractivity contribution is 7.92. The first-order valence-corrected chi connectivity index (χ1v) is 13.4. The van der Waals surface area contributed by atoms with Crippen molar-refractivity contribution in [1.82, 2.24) is 20.0 Å². The average Bonchev–Trinajstić information content (AvgIpc) is 3.21. The van der Waals surface area contributed by atoms with E-state index in [2.05, 4.69) is 10.4 Å². The number of nitriles is 1. The maximum absolute atomic E-state index is 13.0. The second-order valence-corrected chi connectivity index (χ2v) is 12.0. The predicted octanol–water partition coefficient (Wildman–Crippen LogP) is 3.26. The maximum atomic E-state index is 13.0. The number of carbonyl (C=O) groups excluding carboxylic acids is 1. The van der Waals surface area contributed by atoms with E-state index in [9.17, 15) is 26.8 Å². The lowest BCUT2D eigenvalue weighted by Gasteiger charge is -2.40. The number of sulfone groups is 1. The molecule has 0 bridgehead atoms. The third-order valence-electron chi connectivity index (χ3n) is 6.63. The standard InChI is InChI=1S/C18H18ClF2N3O3S.C5H6N2O2/c19-15-9-13(24-7-1-6-22-24)3-5-16(15)28(26,27)14-4-2-12(8-14)17(25)23-10-18(20,21)11-23;6-3-5(1-2-5)7-4(8)9/h1,3,5-7,9,12,14H,2,4,8,10-11H2;7H,1-2H2,(H,8,9)/t12-,14-;/m1./s1. The number of rotatable bonds is 5. The molecular formula is C23H24ClF2N5O5S. The zero-order valence-corrected chi connectivity index (χ0v) is 21.1. The van der Waals surface area contributed by atoms with Gasteiger partial charge in [-0.3, -0.25) is 4.79 Å². The quantitative estimate of drug-likeness (QED) is 0.576. The molecule has 198 valence electrons. The molecule has 2 heterocycles. The number of benzene rings is 1. The van der Waals surface area contributed by atoms with E-state index in [0.29, 0.717) is 31.4 Å². The van der Waals surface area contributed by atoms with Crippen molar-refractivity contribution in [2.75, 3.05) is 13.1 Å². The number of halogens is 3. The number of carbonyl (C=O) groups is 2. The lowest BCUT2D eigenvalue weighted by atomic mass is 10.0. The number of aromatic nitrogens is 2. The first kappa shape index (κ1) is 26.8. The van der Waals surface area contributed by atoms with E-state index in [-0.39, 0.29) is 22.2 Å². The average molecular weight is 556 g/mol. The first-order valence-electron chi connectivity index (χ1n) is 11.5. The van der Waals surface area contributed by atoms with Crippen molar-refractivity contribution in [2.45, 2.75) is 53.7 Å². The molecule has 37 heavy (non-hydrogen) atoms. The van der Waals surface area contributed by atoms with Gasteiger partial charge in [0.2, 0.25) is 5.91 Å². The highest BCUT2D eigenvalue weighted by atomic mass is 35.5. The maximum Gasteiger partial charge on any atom is 0.405 e. The zero-order chi connectivity index (χ0) is 27.0. The van der Waals surface area contributed by atoms with Gasteiger partial charge in [0.05, 0.1) is 40.0 Å². The van der Waals surface area contributed by atoms with Crippen LogP contribution in [0, 0.1) is 17.2 Å². The van der Waals surface area contributed by atoms with Crippen LogP contribution in [0.2, 0.25) is 5.02 Å².